The van der Waals surface area contributed by atoms with Crippen LogP contribution in [-0.2, 0) is 6.42 Å². The summed E-state index contributed by atoms with van der Waals surface area (Å²) in [5.74, 6) is 0.0423. The monoisotopic (exact) mass is 478 g/mol. The van der Waals surface area contributed by atoms with E-state index in [1.165, 1.54) is 35.6 Å². The van der Waals surface area contributed by atoms with Crippen LogP contribution < -0.4 is 0 Å². The standard InChI is InChI=1S/C26H24F2N4OS/c1-16-30-24(25(34-16)17-8-10-19(27)11-9-17)26(33)32-12-3-2-7-21(32)14-23-29-15-22(31-23)18-5-4-6-20(28)13-18/h4-6,8-11,13,15,21H,2-3,7,12,14H2,1H3,(H,29,31). The molecule has 174 valence electrons. The van der Waals surface area contributed by atoms with Crippen LogP contribution in [0.15, 0.2) is 54.7 Å². The number of aromatic nitrogens is 3. The number of thiazole rings is 1. The number of H-pyrrole nitrogens is 1. The molecule has 1 atom stereocenters. The van der Waals surface area contributed by atoms with Crippen LogP contribution in [0.25, 0.3) is 21.7 Å². The third kappa shape index (κ3) is 4.63. The molecule has 5 rings (SSSR count). The summed E-state index contributed by atoms with van der Waals surface area (Å²) in [6.07, 6.45) is 5.12. The molecule has 8 heteroatoms. The Bertz CT molecular complexity index is 1310. The van der Waals surface area contributed by atoms with Crippen molar-refractivity contribution in [3.63, 3.8) is 0 Å². The number of rotatable bonds is 5. The number of carbonyl (C=O) groups excluding carboxylic acids is 1. The first-order valence-electron chi connectivity index (χ1n) is 11.3. The van der Waals surface area contributed by atoms with Gasteiger partial charge in [0.25, 0.3) is 5.91 Å². The SMILES string of the molecule is Cc1nc(C(=O)N2CCCCC2Cc2ncc(-c3cccc(F)c3)[nH]2)c(-c2ccc(F)cc2)s1. The van der Waals surface area contributed by atoms with Crippen LogP contribution in [-0.4, -0.2) is 38.3 Å². The van der Waals surface area contributed by atoms with Gasteiger partial charge in [-0.3, -0.25) is 4.79 Å². The topological polar surface area (TPSA) is 61.9 Å². The minimum Gasteiger partial charge on any atom is -0.342 e. The second-order valence-corrected chi connectivity index (χ2v) is 9.73. The van der Waals surface area contributed by atoms with Crippen LogP contribution in [0.1, 0.15) is 40.6 Å². The predicted octanol–water partition coefficient (Wildman–Crippen LogP) is 6.02. The number of nitrogens with one attached hydrogen (secondary N) is 1. The molecule has 2 aromatic heterocycles. The average molecular weight is 479 g/mol. The molecule has 1 fully saturated rings. The summed E-state index contributed by atoms with van der Waals surface area (Å²) in [7, 11) is 0. The van der Waals surface area contributed by atoms with E-state index in [0.29, 0.717) is 18.7 Å². The zero-order chi connectivity index (χ0) is 23.7. The largest absolute Gasteiger partial charge is 0.342 e. The molecule has 1 amide bonds. The number of benzene rings is 2. The minimum absolute atomic E-state index is 0.0177. The molecule has 4 aromatic rings. The van der Waals surface area contributed by atoms with Crippen LogP contribution in [0.2, 0.25) is 0 Å². The van der Waals surface area contributed by atoms with E-state index in [0.717, 1.165) is 51.8 Å². The molecule has 0 radical (unpaired) electrons. The van der Waals surface area contributed by atoms with Gasteiger partial charge < -0.3 is 9.88 Å². The maximum Gasteiger partial charge on any atom is 0.274 e. The van der Waals surface area contributed by atoms with Crippen molar-refractivity contribution in [2.75, 3.05) is 6.54 Å². The third-order valence-corrected chi connectivity index (χ3v) is 7.14. The first-order valence-corrected chi connectivity index (χ1v) is 12.1. The Morgan fingerprint density at radius 3 is 2.74 bits per heavy atom. The van der Waals surface area contributed by atoms with Gasteiger partial charge in [0.05, 0.1) is 21.8 Å². The maximum absolute atomic E-state index is 13.7. The quantitative estimate of drug-likeness (QED) is 0.381. The van der Waals surface area contributed by atoms with Crippen molar-refractivity contribution in [1.82, 2.24) is 19.9 Å². The van der Waals surface area contributed by atoms with E-state index in [1.54, 1.807) is 24.4 Å². The molecule has 1 aliphatic heterocycles. The number of piperidine rings is 1. The molecule has 0 spiro atoms. The Hall–Kier alpha value is -3.39. The number of likely N-dealkylation sites (tertiary alicyclic amines) is 1. The summed E-state index contributed by atoms with van der Waals surface area (Å²) in [6.45, 7) is 2.53. The molecule has 1 N–H and O–H groups in total. The Labute approximate surface area is 200 Å². The van der Waals surface area contributed by atoms with Gasteiger partial charge in [0, 0.05) is 24.6 Å². The number of aryl methyl sites for hydroxylation is 1. The number of imidazole rings is 1. The van der Waals surface area contributed by atoms with Gasteiger partial charge in [-0.2, -0.15) is 0 Å². The third-order valence-electron chi connectivity index (χ3n) is 6.12. The van der Waals surface area contributed by atoms with Gasteiger partial charge in [0.1, 0.15) is 23.2 Å². The summed E-state index contributed by atoms with van der Waals surface area (Å²) in [5, 5.41) is 0.794. The summed E-state index contributed by atoms with van der Waals surface area (Å²) in [4.78, 5) is 28.7. The summed E-state index contributed by atoms with van der Waals surface area (Å²) in [5.41, 5.74) is 2.68. The molecule has 1 unspecified atom stereocenters. The molecule has 34 heavy (non-hydrogen) atoms. The fraction of sp³-hybridized carbons (Fsp3) is 0.269. The molecule has 0 bridgehead atoms. The van der Waals surface area contributed by atoms with E-state index in [4.69, 9.17) is 0 Å². The van der Waals surface area contributed by atoms with Crippen molar-refractivity contribution in [3.8, 4) is 21.7 Å². The van der Waals surface area contributed by atoms with Gasteiger partial charge in [0.2, 0.25) is 0 Å². The molecule has 0 saturated carbocycles. The zero-order valence-corrected chi connectivity index (χ0v) is 19.5. The molecule has 2 aromatic carbocycles. The summed E-state index contributed by atoms with van der Waals surface area (Å²) >= 11 is 1.44. The Kier molecular flexibility index (Phi) is 6.24. The van der Waals surface area contributed by atoms with E-state index < -0.39 is 0 Å². The molecule has 3 heterocycles. The number of hydrogen-bond acceptors (Lipinski definition) is 4. The zero-order valence-electron chi connectivity index (χ0n) is 18.7. The van der Waals surface area contributed by atoms with Crippen molar-refractivity contribution < 1.29 is 13.6 Å². The van der Waals surface area contributed by atoms with Crippen LogP contribution in [0.4, 0.5) is 8.78 Å². The Morgan fingerprint density at radius 1 is 1.12 bits per heavy atom. The molecule has 1 aliphatic rings. The highest BCUT2D eigenvalue weighted by molar-refractivity contribution is 7.15. The fourth-order valence-electron chi connectivity index (χ4n) is 4.48. The van der Waals surface area contributed by atoms with Crippen molar-refractivity contribution >= 4 is 17.2 Å². The normalized spacial score (nSPS) is 16.1. The average Bonchev–Trinajstić information content (AvgIpc) is 3.46. The second kappa shape index (κ2) is 9.46. The predicted molar refractivity (Wildman–Crippen MR) is 129 cm³/mol. The van der Waals surface area contributed by atoms with Crippen LogP contribution in [0, 0.1) is 18.6 Å². The molecular weight excluding hydrogens is 454 g/mol. The first kappa shape index (κ1) is 22.4. The van der Waals surface area contributed by atoms with E-state index in [-0.39, 0.29) is 23.6 Å². The van der Waals surface area contributed by atoms with Gasteiger partial charge in [-0.05, 0) is 56.0 Å². The Morgan fingerprint density at radius 2 is 1.94 bits per heavy atom. The summed E-state index contributed by atoms with van der Waals surface area (Å²) in [6, 6.07) is 12.5. The van der Waals surface area contributed by atoms with Crippen molar-refractivity contribution in [2.45, 2.75) is 38.6 Å². The highest BCUT2D eigenvalue weighted by atomic mass is 32.1. The highest BCUT2D eigenvalue weighted by Crippen LogP contribution is 2.33. The number of halogens is 2. The number of nitrogens with zero attached hydrogens (tertiary/aromatic N) is 3. The molecule has 5 nitrogen and oxygen atoms in total. The van der Waals surface area contributed by atoms with Gasteiger partial charge in [0.15, 0.2) is 0 Å². The van der Waals surface area contributed by atoms with E-state index in [2.05, 4.69) is 15.0 Å². The first-order chi connectivity index (χ1) is 16.5. The second-order valence-electron chi connectivity index (χ2n) is 8.52. The lowest BCUT2D eigenvalue weighted by Gasteiger charge is -2.35. The molecular formula is C26H24F2N4OS. The lowest BCUT2D eigenvalue weighted by atomic mass is 9.98. The highest BCUT2D eigenvalue weighted by Gasteiger charge is 2.31. The smallest absolute Gasteiger partial charge is 0.274 e. The van der Waals surface area contributed by atoms with Gasteiger partial charge in [-0.15, -0.1) is 11.3 Å². The van der Waals surface area contributed by atoms with Gasteiger partial charge >= 0.3 is 0 Å². The van der Waals surface area contributed by atoms with Crippen LogP contribution >= 0.6 is 11.3 Å². The number of carbonyl (C=O) groups is 1. The lowest BCUT2D eigenvalue weighted by Crippen LogP contribution is -2.45. The van der Waals surface area contributed by atoms with Crippen molar-refractivity contribution in [1.29, 1.82) is 0 Å². The summed E-state index contributed by atoms with van der Waals surface area (Å²) < 4.78 is 27.0. The van der Waals surface area contributed by atoms with Gasteiger partial charge in [-0.25, -0.2) is 18.7 Å². The molecule has 0 aliphatic carbocycles. The minimum atomic E-state index is -0.315. The fourth-order valence-corrected chi connectivity index (χ4v) is 5.39. The maximum atomic E-state index is 13.7. The number of amides is 1. The van der Waals surface area contributed by atoms with E-state index in [9.17, 15) is 13.6 Å². The number of aromatic amines is 1. The Balaban J connectivity index is 1.39. The van der Waals surface area contributed by atoms with Crippen LogP contribution in [0.3, 0.4) is 0 Å². The van der Waals surface area contributed by atoms with Gasteiger partial charge in [-0.1, -0.05) is 24.3 Å². The van der Waals surface area contributed by atoms with E-state index in [1.807, 2.05) is 17.9 Å². The van der Waals surface area contributed by atoms with Crippen molar-refractivity contribution in [2.24, 2.45) is 0 Å². The van der Waals surface area contributed by atoms with E-state index >= 15 is 0 Å². The van der Waals surface area contributed by atoms with Crippen molar-refractivity contribution in [3.05, 3.63) is 82.9 Å². The lowest BCUT2D eigenvalue weighted by molar-refractivity contribution is 0.0606. The number of hydrogen-bond donors (Lipinski definition) is 1. The molecule has 1 saturated heterocycles. The van der Waals surface area contributed by atoms with Crippen LogP contribution in [0.5, 0.6) is 0 Å².